The highest BCUT2D eigenvalue weighted by Crippen LogP contribution is 2.35. The largest absolute Gasteiger partial charge is 0.465 e. The number of nitrogens with zero attached hydrogens (tertiary/aromatic N) is 2. The minimum atomic E-state index is -1.27. The van der Waals surface area contributed by atoms with Crippen LogP contribution in [0.15, 0.2) is 12.1 Å². The van der Waals surface area contributed by atoms with Gasteiger partial charge in [-0.05, 0) is 18.6 Å². The third-order valence-corrected chi connectivity index (χ3v) is 3.80. The molecule has 0 aromatic heterocycles. The number of rotatable bonds is 2. The molecule has 1 aromatic carbocycles. The van der Waals surface area contributed by atoms with Crippen LogP contribution in [0.25, 0.3) is 0 Å². The fraction of sp³-hybridized carbons (Fsp3) is 0.385. The summed E-state index contributed by atoms with van der Waals surface area (Å²) in [6, 6.07) is 4.60. The molecule has 7 nitrogen and oxygen atoms in total. The molecule has 1 amide bonds. The predicted octanol–water partition coefficient (Wildman–Crippen LogP) is 1.20. The molecule has 2 atom stereocenters. The number of aliphatic hydroxyl groups excluding tert-OH is 1. The summed E-state index contributed by atoms with van der Waals surface area (Å²) >= 11 is 6.21. The first-order chi connectivity index (χ1) is 9.92. The number of hydrogen-bond acceptors (Lipinski definition) is 5. The van der Waals surface area contributed by atoms with Gasteiger partial charge in [0.05, 0.1) is 34.1 Å². The number of aliphatic hydroxyl groups is 1. The van der Waals surface area contributed by atoms with Crippen LogP contribution in [0.2, 0.25) is 5.02 Å². The SMILES string of the molecule is N#Cc1cc(NC(=O)O)c(Cl)c(N2CC[C@@H](N)[C@H](O)C2)c1. The Kier molecular flexibility index (Phi) is 4.53. The van der Waals surface area contributed by atoms with Gasteiger partial charge in [0.15, 0.2) is 0 Å². The van der Waals surface area contributed by atoms with Gasteiger partial charge in [-0.25, -0.2) is 4.79 Å². The first-order valence-corrected chi connectivity index (χ1v) is 6.72. The Morgan fingerprint density at radius 2 is 2.29 bits per heavy atom. The Hall–Kier alpha value is -2.01. The van der Waals surface area contributed by atoms with Gasteiger partial charge in [0, 0.05) is 19.1 Å². The molecule has 1 aliphatic rings. The average Bonchev–Trinajstić information content (AvgIpc) is 2.43. The molecule has 1 fully saturated rings. The van der Waals surface area contributed by atoms with E-state index in [1.54, 1.807) is 11.0 Å². The van der Waals surface area contributed by atoms with Gasteiger partial charge in [-0.2, -0.15) is 5.26 Å². The number of hydrogen-bond donors (Lipinski definition) is 4. The van der Waals surface area contributed by atoms with E-state index in [0.29, 0.717) is 18.7 Å². The summed E-state index contributed by atoms with van der Waals surface area (Å²) < 4.78 is 0. The highest BCUT2D eigenvalue weighted by atomic mass is 35.5. The van der Waals surface area contributed by atoms with Gasteiger partial charge in [0.2, 0.25) is 0 Å². The van der Waals surface area contributed by atoms with Crippen molar-refractivity contribution in [1.29, 1.82) is 5.26 Å². The van der Waals surface area contributed by atoms with Gasteiger partial charge < -0.3 is 20.8 Å². The summed E-state index contributed by atoms with van der Waals surface area (Å²) in [4.78, 5) is 12.6. The zero-order valence-corrected chi connectivity index (χ0v) is 11.8. The third-order valence-electron chi connectivity index (χ3n) is 3.40. The van der Waals surface area contributed by atoms with Gasteiger partial charge in [-0.3, -0.25) is 5.32 Å². The van der Waals surface area contributed by atoms with Crippen molar-refractivity contribution in [3.05, 3.63) is 22.7 Å². The van der Waals surface area contributed by atoms with Crippen molar-refractivity contribution in [2.45, 2.75) is 18.6 Å². The maximum absolute atomic E-state index is 10.8. The molecule has 5 N–H and O–H groups in total. The molecule has 8 heteroatoms. The minimum absolute atomic E-state index is 0.141. The van der Waals surface area contributed by atoms with Crippen LogP contribution < -0.4 is 16.0 Å². The van der Waals surface area contributed by atoms with Crippen molar-refractivity contribution in [3.63, 3.8) is 0 Å². The number of β-amino-alcohol motifs (C(OH)–C–C–N with tert-alkyl or cyclic N) is 1. The number of carboxylic acid groups (broad SMARTS) is 1. The first-order valence-electron chi connectivity index (χ1n) is 6.34. The topological polar surface area (TPSA) is 123 Å². The Labute approximate surface area is 126 Å². The van der Waals surface area contributed by atoms with Crippen molar-refractivity contribution in [3.8, 4) is 6.07 Å². The number of benzene rings is 1. The van der Waals surface area contributed by atoms with Gasteiger partial charge in [-0.15, -0.1) is 0 Å². The zero-order valence-electron chi connectivity index (χ0n) is 11.1. The van der Waals surface area contributed by atoms with Gasteiger partial charge >= 0.3 is 6.09 Å². The minimum Gasteiger partial charge on any atom is -0.465 e. The quantitative estimate of drug-likeness (QED) is 0.651. The second-order valence-corrected chi connectivity index (χ2v) is 5.24. The fourth-order valence-corrected chi connectivity index (χ4v) is 2.55. The normalized spacial score (nSPS) is 21.7. The molecule has 1 saturated heterocycles. The number of anilines is 2. The van der Waals surface area contributed by atoms with Crippen LogP contribution in [0, 0.1) is 11.3 Å². The van der Waals surface area contributed by atoms with E-state index in [-0.39, 0.29) is 28.9 Å². The predicted molar refractivity (Wildman–Crippen MR) is 78.6 cm³/mol. The molecule has 0 saturated carbocycles. The monoisotopic (exact) mass is 310 g/mol. The Bertz CT molecular complexity index is 602. The maximum Gasteiger partial charge on any atom is 0.409 e. The fourth-order valence-electron chi connectivity index (χ4n) is 2.28. The van der Waals surface area contributed by atoms with E-state index in [1.807, 2.05) is 6.07 Å². The molecule has 0 spiro atoms. The zero-order chi connectivity index (χ0) is 15.6. The lowest BCUT2D eigenvalue weighted by Gasteiger charge is -2.36. The molecule has 112 valence electrons. The molecular weight excluding hydrogens is 296 g/mol. The van der Waals surface area contributed by atoms with Crippen LogP contribution >= 0.6 is 11.6 Å². The van der Waals surface area contributed by atoms with Crippen molar-refractivity contribution < 1.29 is 15.0 Å². The molecule has 1 aliphatic heterocycles. The number of amides is 1. The summed E-state index contributed by atoms with van der Waals surface area (Å²) in [5.41, 5.74) is 6.68. The summed E-state index contributed by atoms with van der Waals surface area (Å²) in [6.45, 7) is 0.849. The highest BCUT2D eigenvalue weighted by molar-refractivity contribution is 6.36. The lowest BCUT2D eigenvalue weighted by Crippen LogP contribution is -2.50. The molecule has 21 heavy (non-hydrogen) atoms. The lowest BCUT2D eigenvalue weighted by atomic mass is 10.0. The van der Waals surface area contributed by atoms with Crippen LogP contribution in [0.1, 0.15) is 12.0 Å². The van der Waals surface area contributed by atoms with Crippen molar-refractivity contribution in [2.24, 2.45) is 5.73 Å². The number of carbonyl (C=O) groups is 1. The third kappa shape index (κ3) is 3.36. The number of nitriles is 1. The molecule has 0 bridgehead atoms. The maximum atomic E-state index is 10.8. The smallest absolute Gasteiger partial charge is 0.409 e. The number of halogens is 1. The molecule has 1 heterocycles. The second kappa shape index (κ2) is 6.18. The molecule has 0 unspecified atom stereocenters. The van der Waals surface area contributed by atoms with E-state index in [9.17, 15) is 9.90 Å². The van der Waals surface area contributed by atoms with E-state index >= 15 is 0 Å². The van der Waals surface area contributed by atoms with Crippen LogP contribution in [-0.4, -0.2) is 41.5 Å². The average molecular weight is 311 g/mol. The molecule has 0 aliphatic carbocycles. The van der Waals surface area contributed by atoms with E-state index < -0.39 is 12.2 Å². The van der Waals surface area contributed by atoms with Crippen LogP contribution in [0.4, 0.5) is 16.2 Å². The first kappa shape index (κ1) is 15.4. The summed E-state index contributed by atoms with van der Waals surface area (Å²) in [6.07, 6.45) is -1.38. The van der Waals surface area contributed by atoms with Crippen molar-refractivity contribution in [1.82, 2.24) is 0 Å². The van der Waals surface area contributed by atoms with Gasteiger partial charge in [0.25, 0.3) is 0 Å². The molecule has 2 rings (SSSR count). The summed E-state index contributed by atoms with van der Waals surface area (Å²) in [7, 11) is 0. The second-order valence-electron chi connectivity index (χ2n) is 4.86. The lowest BCUT2D eigenvalue weighted by molar-refractivity contribution is 0.132. The van der Waals surface area contributed by atoms with E-state index in [1.165, 1.54) is 6.07 Å². The summed E-state index contributed by atoms with van der Waals surface area (Å²) in [5, 5.41) is 30.1. The highest BCUT2D eigenvalue weighted by Gasteiger charge is 2.27. The van der Waals surface area contributed by atoms with Crippen molar-refractivity contribution >= 4 is 29.1 Å². The Morgan fingerprint density at radius 1 is 1.57 bits per heavy atom. The summed E-state index contributed by atoms with van der Waals surface area (Å²) in [5.74, 6) is 0. The Balaban J connectivity index is 2.38. The molecular formula is C13H15ClN4O3. The molecule has 1 aromatic rings. The van der Waals surface area contributed by atoms with E-state index in [0.717, 1.165) is 0 Å². The number of nitrogens with one attached hydrogen (secondary N) is 1. The van der Waals surface area contributed by atoms with E-state index in [4.69, 9.17) is 27.7 Å². The van der Waals surface area contributed by atoms with Gasteiger partial charge in [0.1, 0.15) is 0 Å². The standard InChI is InChI=1S/C13H15ClN4O3/c14-12-9(17-13(20)21)3-7(5-15)4-10(12)18-2-1-8(16)11(19)6-18/h3-4,8,11,17,19H,1-2,6,16H2,(H,20,21)/t8-,11-/m1/s1. The van der Waals surface area contributed by atoms with Crippen LogP contribution in [-0.2, 0) is 0 Å². The van der Waals surface area contributed by atoms with Crippen LogP contribution in [0.3, 0.4) is 0 Å². The van der Waals surface area contributed by atoms with Gasteiger partial charge in [-0.1, -0.05) is 11.6 Å². The van der Waals surface area contributed by atoms with Crippen LogP contribution in [0.5, 0.6) is 0 Å². The number of nitrogens with two attached hydrogens (primary N) is 1. The van der Waals surface area contributed by atoms with Crippen molar-refractivity contribution in [2.75, 3.05) is 23.3 Å². The molecule has 0 radical (unpaired) electrons. The Morgan fingerprint density at radius 3 is 2.86 bits per heavy atom. The van der Waals surface area contributed by atoms with E-state index in [2.05, 4.69) is 5.32 Å². The number of piperidine rings is 1.